The molecule has 0 aliphatic heterocycles. The van der Waals surface area contributed by atoms with Gasteiger partial charge in [-0.25, -0.2) is 4.98 Å². The second-order valence-corrected chi connectivity index (χ2v) is 2.75. The summed E-state index contributed by atoms with van der Waals surface area (Å²) < 4.78 is 0. The largest absolute Gasteiger partial charge is 0.543 e. The standard InChI is InChI=1S/C6H4Cl2N2O2.CH4/c7-3-1-2(9)4(8)5(10-3)6(11)12;/h1H,(H2,9,10)(H,11,12);1H4/p-1. The topological polar surface area (TPSA) is 79.0 Å². The van der Waals surface area contributed by atoms with Crippen LogP contribution in [0.3, 0.4) is 0 Å². The number of nitrogen functional groups attached to an aromatic ring is 1. The van der Waals surface area contributed by atoms with E-state index in [2.05, 4.69) is 4.98 Å². The van der Waals surface area contributed by atoms with Crippen molar-refractivity contribution in [1.82, 2.24) is 4.98 Å². The van der Waals surface area contributed by atoms with Crippen LogP contribution >= 0.6 is 23.2 Å². The number of pyridine rings is 1. The van der Waals surface area contributed by atoms with E-state index < -0.39 is 11.7 Å². The lowest BCUT2D eigenvalue weighted by Gasteiger charge is -2.06. The maximum absolute atomic E-state index is 10.4. The maximum atomic E-state index is 10.4. The fourth-order valence-electron chi connectivity index (χ4n) is 0.652. The molecule has 2 N–H and O–H groups in total. The second kappa shape index (κ2) is 4.30. The summed E-state index contributed by atoms with van der Waals surface area (Å²) in [4.78, 5) is 13.8. The van der Waals surface area contributed by atoms with Gasteiger partial charge < -0.3 is 15.6 Å². The first kappa shape index (κ1) is 12.0. The molecule has 13 heavy (non-hydrogen) atoms. The lowest BCUT2D eigenvalue weighted by Crippen LogP contribution is -2.24. The van der Waals surface area contributed by atoms with Gasteiger partial charge in [0.1, 0.15) is 10.8 Å². The molecule has 0 radical (unpaired) electrons. The number of nitrogens with two attached hydrogens (primary N) is 1. The fourth-order valence-corrected chi connectivity index (χ4v) is 1.03. The van der Waals surface area contributed by atoms with Gasteiger partial charge in [-0.15, -0.1) is 0 Å². The summed E-state index contributed by atoms with van der Waals surface area (Å²) in [5, 5.41) is 10.2. The number of hydrogen-bond donors (Lipinski definition) is 1. The number of anilines is 1. The van der Waals surface area contributed by atoms with Crippen molar-refractivity contribution >= 4 is 34.9 Å². The lowest BCUT2D eigenvalue weighted by molar-refractivity contribution is -0.255. The summed E-state index contributed by atoms with van der Waals surface area (Å²) in [6.45, 7) is 0. The normalized spacial score (nSPS) is 9.08. The van der Waals surface area contributed by atoms with E-state index in [0.29, 0.717) is 0 Å². The lowest BCUT2D eigenvalue weighted by atomic mass is 10.3. The molecule has 0 bridgehead atoms. The highest BCUT2D eigenvalue weighted by Gasteiger charge is 2.08. The Labute approximate surface area is 85.3 Å². The first-order valence-corrected chi connectivity index (χ1v) is 3.61. The third-order valence-corrected chi connectivity index (χ3v) is 1.74. The minimum atomic E-state index is -1.51. The molecule has 1 aromatic heterocycles. The number of aromatic carboxylic acids is 1. The number of carbonyl (C=O) groups is 1. The van der Waals surface area contributed by atoms with Gasteiger partial charge in [0.15, 0.2) is 0 Å². The molecule has 1 heterocycles. The number of carboxylic acid groups (broad SMARTS) is 1. The van der Waals surface area contributed by atoms with E-state index >= 15 is 0 Å². The summed E-state index contributed by atoms with van der Waals surface area (Å²) in [6, 6.07) is 1.26. The van der Waals surface area contributed by atoms with Crippen LogP contribution in [0.5, 0.6) is 0 Å². The SMILES string of the molecule is C.Nc1cc(Cl)nc(C(=O)[O-])c1Cl. The molecule has 0 unspecified atom stereocenters. The van der Waals surface area contributed by atoms with E-state index in [1.165, 1.54) is 6.07 Å². The van der Waals surface area contributed by atoms with Crippen LogP contribution in [0.4, 0.5) is 5.69 Å². The van der Waals surface area contributed by atoms with Crippen LogP contribution < -0.4 is 10.8 Å². The Morgan fingerprint density at radius 1 is 1.54 bits per heavy atom. The Balaban J connectivity index is 0.00000144. The predicted molar refractivity (Wildman–Crippen MR) is 49.7 cm³/mol. The van der Waals surface area contributed by atoms with Gasteiger partial charge in [-0.2, -0.15) is 0 Å². The predicted octanol–water partition coefficient (Wildman–Crippen LogP) is 0.970. The van der Waals surface area contributed by atoms with Crippen molar-refractivity contribution < 1.29 is 9.90 Å². The molecule has 6 heteroatoms. The summed E-state index contributed by atoms with van der Waals surface area (Å²) in [5.41, 5.74) is 4.93. The van der Waals surface area contributed by atoms with Crippen molar-refractivity contribution in [2.75, 3.05) is 5.73 Å². The van der Waals surface area contributed by atoms with Crippen molar-refractivity contribution in [3.05, 3.63) is 21.9 Å². The number of halogens is 2. The molecule has 1 rings (SSSR count). The van der Waals surface area contributed by atoms with Crippen LogP contribution in [0.25, 0.3) is 0 Å². The number of aromatic nitrogens is 1. The average Bonchev–Trinajstić information content (AvgIpc) is 1.96. The smallest absolute Gasteiger partial charge is 0.131 e. The second-order valence-electron chi connectivity index (χ2n) is 1.98. The van der Waals surface area contributed by atoms with Crippen molar-refractivity contribution in [3.8, 4) is 0 Å². The van der Waals surface area contributed by atoms with Crippen molar-refractivity contribution in [1.29, 1.82) is 0 Å². The summed E-state index contributed by atoms with van der Waals surface area (Å²) >= 11 is 10.9. The van der Waals surface area contributed by atoms with E-state index in [4.69, 9.17) is 28.9 Å². The van der Waals surface area contributed by atoms with Gasteiger partial charge >= 0.3 is 0 Å². The Hall–Kier alpha value is -1.00. The number of nitrogens with zero attached hydrogens (tertiary/aromatic N) is 1. The Morgan fingerprint density at radius 2 is 2.08 bits per heavy atom. The molecule has 0 fully saturated rings. The third-order valence-electron chi connectivity index (χ3n) is 1.15. The molecule has 0 aliphatic carbocycles. The van der Waals surface area contributed by atoms with Gasteiger partial charge in [-0.1, -0.05) is 30.6 Å². The summed E-state index contributed by atoms with van der Waals surface area (Å²) in [5.74, 6) is -1.51. The molecule has 72 valence electrons. The molecule has 0 spiro atoms. The molecule has 0 aliphatic rings. The van der Waals surface area contributed by atoms with Gasteiger partial charge in [0, 0.05) is 0 Å². The van der Waals surface area contributed by atoms with Gasteiger partial charge in [0.25, 0.3) is 0 Å². The highest BCUT2D eigenvalue weighted by Crippen LogP contribution is 2.24. The molecule has 0 saturated carbocycles. The molecular formula is C7H7Cl2N2O2-. The van der Waals surface area contributed by atoms with Gasteiger partial charge in [0.05, 0.1) is 16.7 Å². The quantitative estimate of drug-likeness (QED) is 0.718. The van der Waals surface area contributed by atoms with Crippen LogP contribution in [0.2, 0.25) is 10.2 Å². The zero-order valence-electron chi connectivity index (χ0n) is 5.67. The number of carboxylic acids is 1. The highest BCUT2D eigenvalue weighted by atomic mass is 35.5. The fraction of sp³-hybridized carbons (Fsp3) is 0.143. The highest BCUT2D eigenvalue weighted by molar-refractivity contribution is 6.36. The molecule has 1 aromatic rings. The van der Waals surface area contributed by atoms with E-state index in [1.54, 1.807) is 0 Å². The van der Waals surface area contributed by atoms with Crippen LogP contribution in [-0.2, 0) is 0 Å². The van der Waals surface area contributed by atoms with Crippen LogP contribution in [0, 0.1) is 0 Å². The zero-order valence-corrected chi connectivity index (χ0v) is 7.19. The Morgan fingerprint density at radius 3 is 2.54 bits per heavy atom. The molecule has 4 nitrogen and oxygen atoms in total. The van der Waals surface area contributed by atoms with E-state index in [9.17, 15) is 9.90 Å². The van der Waals surface area contributed by atoms with Gasteiger partial charge in [-0.3, -0.25) is 0 Å². The van der Waals surface area contributed by atoms with Gasteiger partial charge in [-0.05, 0) is 6.07 Å². The minimum Gasteiger partial charge on any atom is -0.543 e. The summed E-state index contributed by atoms with van der Waals surface area (Å²) in [6.07, 6.45) is 0. The van der Waals surface area contributed by atoms with Crippen molar-refractivity contribution in [2.45, 2.75) is 7.43 Å². The average molecular weight is 222 g/mol. The number of hydrogen-bond acceptors (Lipinski definition) is 4. The molecule has 0 amide bonds. The van der Waals surface area contributed by atoms with Gasteiger partial charge in [0.2, 0.25) is 0 Å². The van der Waals surface area contributed by atoms with E-state index in [0.717, 1.165) is 0 Å². The van der Waals surface area contributed by atoms with Crippen LogP contribution in [0.1, 0.15) is 17.9 Å². The van der Waals surface area contributed by atoms with Crippen molar-refractivity contribution in [3.63, 3.8) is 0 Å². The van der Waals surface area contributed by atoms with Crippen LogP contribution in [-0.4, -0.2) is 11.0 Å². The monoisotopic (exact) mass is 221 g/mol. The third kappa shape index (κ3) is 2.47. The molecule has 0 saturated heterocycles. The first-order chi connectivity index (χ1) is 5.52. The van der Waals surface area contributed by atoms with Crippen molar-refractivity contribution in [2.24, 2.45) is 0 Å². The molecule has 0 atom stereocenters. The van der Waals surface area contributed by atoms with E-state index in [1.807, 2.05) is 0 Å². The maximum Gasteiger partial charge on any atom is 0.131 e. The minimum absolute atomic E-state index is 0. The zero-order chi connectivity index (χ0) is 9.30. The van der Waals surface area contributed by atoms with E-state index in [-0.39, 0.29) is 23.3 Å². The van der Waals surface area contributed by atoms with Crippen LogP contribution in [0.15, 0.2) is 6.07 Å². The first-order valence-electron chi connectivity index (χ1n) is 2.85. The number of carbonyl (C=O) groups excluding carboxylic acids is 1. The Kier molecular flexibility index (Phi) is 3.97. The molecule has 0 aromatic carbocycles. The summed E-state index contributed by atoms with van der Waals surface area (Å²) in [7, 11) is 0. The molecular weight excluding hydrogens is 215 g/mol. The number of rotatable bonds is 1. The Bertz CT molecular complexity index is 342.